The SMILES string of the molecule is COc1cccc(OC)c1/C(O)=C1\C(=O)C(=O)N(Cc2ccccn2)C1c1ccc(C)o1. The second-order valence-electron chi connectivity index (χ2n) is 7.23. The molecule has 3 aromatic rings. The smallest absolute Gasteiger partial charge is 0.296 e. The third kappa shape index (κ3) is 3.60. The molecule has 1 atom stereocenters. The number of ether oxygens (including phenoxy) is 2. The van der Waals surface area contributed by atoms with Gasteiger partial charge >= 0.3 is 0 Å². The van der Waals surface area contributed by atoms with Crippen LogP contribution in [0.15, 0.2) is 64.7 Å². The van der Waals surface area contributed by atoms with Gasteiger partial charge in [0.1, 0.15) is 40.4 Å². The second-order valence-corrected chi connectivity index (χ2v) is 7.23. The number of aromatic nitrogens is 1. The number of hydrogen-bond donors (Lipinski definition) is 1. The van der Waals surface area contributed by atoms with E-state index in [1.54, 1.807) is 61.7 Å². The van der Waals surface area contributed by atoms with Crippen LogP contribution in [0.1, 0.15) is 28.8 Å². The molecule has 3 heterocycles. The number of amides is 1. The van der Waals surface area contributed by atoms with Gasteiger partial charge in [-0.05, 0) is 43.3 Å². The fourth-order valence-electron chi connectivity index (χ4n) is 3.82. The summed E-state index contributed by atoms with van der Waals surface area (Å²) in [4.78, 5) is 31.8. The van der Waals surface area contributed by atoms with E-state index in [-0.39, 0.29) is 17.7 Å². The highest BCUT2D eigenvalue weighted by Crippen LogP contribution is 2.44. The molecule has 1 aliphatic heterocycles. The molecule has 32 heavy (non-hydrogen) atoms. The zero-order valence-corrected chi connectivity index (χ0v) is 17.9. The van der Waals surface area contributed by atoms with Crippen molar-refractivity contribution in [3.05, 3.63) is 83.1 Å². The van der Waals surface area contributed by atoms with E-state index in [4.69, 9.17) is 13.9 Å². The van der Waals surface area contributed by atoms with Crippen LogP contribution in [-0.4, -0.2) is 40.9 Å². The predicted molar refractivity (Wildman–Crippen MR) is 115 cm³/mol. The number of furan rings is 1. The Morgan fingerprint density at radius 2 is 1.78 bits per heavy atom. The Bertz CT molecular complexity index is 1180. The number of rotatable bonds is 6. The molecule has 1 aliphatic rings. The van der Waals surface area contributed by atoms with E-state index in [1.807, 2.05) is 0 Å². The first-order valence-electron chi connectivity index (χ1n) is 9.92. The molecule has 0 radical (unpaired) electrons. The largest absolute Gasteiger partial charge is 0.506 e. The van der Waals surface area contributed by atoms with Crippen molar-refractivity contribution in [3.8, 4) is 11.5 Å². The number of benzene rings is 1. The summed E-state index contributed by atoms with van der Waals surface area (Å²) in [5, 5.41) is 11.3. The normalized spacial score (nSPS) is 17.6. The number of ketones is 1. The van der Waals surface area contributed by atoms with Gasteiger partial charge in [-0.3, -0.25) is 14.6 Å². The standard InChI is InChI=1S/C24H22N2O6/c1-14-10-11-18(32-14)21-20(22(27)19-16(30-2)8-6-9-17(19)31-3)23(28)24(29)26(21)13-15-7-4-5-12-25-15/h4-12,21,27H,13H2,1-3H3/b22-20+. The summed E-state index contributed by atoms with van der Waals surface area (Å²) in [5.41, 5.74) is 0.669. The third-order valence-corrected chi connectivity index (χ3v) is 5.29. The maximum atomic E-state index is 13.2. The van der Waals surface area contributed by atoms with Crippen LogP contribution < -0.4 is 9.47 Å². The predicted octanol–water partition coefficient (Wildman–Crippen LogP) is 3.62. The number of nitrogens with zero attached hydrogens (tertiary/aromatic N) is 2. The molecule has 8 nitrogen and oxygen atoms in total. The summed E-state index contributed by atoms with van der Waals surface area (Å²) >= 11 is 0. The molecular weight excluding hydrogens is 412 g/mol. The number of aliphatic hydroxyl groups excluding tert-OH is 1. The van der Waals surface area contributed by atoms with Gasteiger partial charge in [-0.15, -0.1) is 0 Å². The quantitative estimate of drug-likeness (QED) is 0.359. The van der Waals surface area contributed by atoms with Crippen molar-refractivity contribution in [1.29, 1.82) is 0 Å². The highest BCUT2D eigenvalue weighted by molar-refractivity contribution is 6.46. The molecule has 1 saturated heterocycles. The van der Waals surface area contributed by atoms with Crippen molar-refractivity contribution < 1.29 is 28.6 Å². The fraction of sp³-hybridized carbons (Fsp3) is 0.208. The van der Waals surface area contributed by atoms with Gasteiger partial charge in [0, 0.05) is 6.20 Å². The molecule has 8 heteroatoms. The number of carbonyl (C=O) groups excluding carboxylic acids is 2. The first-order chi connectivity index (χ1) is 15.5. The van der Waals surface area contributed by atoms with Crippen LogP contribution in [0.3, 0.4) is 0 Å². The molecule has 0 bridgehead atoms. The summed E-state index contributed by atoms with van der Waals surface area (Å²) < 4.78 is 16.5. The highest BCUT2D eigenvalue weighted by atomic mass is 16.5. The molecule has 1 fully saturated rings. The van der Waals surface area contributed by atoms with Crippen molar-refractivity contribution in [2.45, 2.75) is 19.5 Å². The van der Waals surface area contributed by atoms with Gasteiger partial charge in [-0.25, -0.2) is 0 Å². The lowest BCUT2D eigenvalue weighted by atomic mass is 9.98. The van der Waals surface area contributed by atoms with Crippen molar-refractivity contribution in [2.75, 3.05) is 14.2 Å². The minimum atomic E-state index is -0.944. The maximum absolute atomic E-state index is 13.2. The van der Waals surface area contributed by atoms with Gasteiger partial charge in [0.05, 0.1) is 32.0 Å². The van der Waals surface area contributed by atoms with E-state index in [0.717, 1.165) is 0 Å². The van der Waals surface area contributed by atoms with E-state index < -0.39 is 23.5 Å². The first kappa shape index (κ1) is 21.2. The molecule has 1 N–H and O–H groups in total. The van der Waals surface area contributed by atoms with Crippen LogP contribution in [0.25, 0.3) is 5.76 Å². The molecule has 164 valence electrons. The van der Waals surface area contributed by atoms with Gasteiger partial charge in [0.15, 0.2) is 0 Å². The van der Waals surface area contributed by atoms with Crippen LogP contribution in [0.4, 0.5) is 0 Å². The Balaban J connectivity index is 1.92. The van der Waals surface area contributed by atoms with E-state index in [1.165, 1.54) is 19.1 Å². The minimum Gasteiger partial charge on any atom is -0.506 e. The number of pyridine rings is 1. The number of aliphatic hydroxyl groups is 1. The average Bonchev–Trinajstić information content (AvgIpc) is 3.34. The van der Waals surface area contributed by atoms with Crippen molar-refractivity contribution in [2.24, 2.45) is 0 Å². The lowest BCUT2D eigenvalue weighted by Gasteiger charge is -2.23. The van der Waals surface area contributed by atoms with Crippen LogP contribution in [-0.2, 0) is 16.1 Å². The van der Waals surface area contributed by atoms with Gasteiger partial charge in [-0.2, -0.15) is 0 Å². The van der Waals surface area contributed by atoms with Gasteiger partial charge in [0.2, 0.25) is 0 Å². The lowest BCUT2D eigenvalue weighted by molar-refractivity contribution is -0.140. The molecule has 1 aromatic carbocycles. The van der Waals surface area contributed by atoms with Gasteiger partial charge in [0.25, 0.3) is 11.7 Å². The van der Waals surface area contributed by atoms with Crippen LogP contribution in [0.2, 0.25) is 0 Å². The Labute approximate surface area is 184 Å². The molecule has 1 unspecified atom stereocenters. The minimum absolute atomic E-state index is 0.0651. The number of methoxy groups -OCH3 is 2. The Kier molecular flexibility index (Phi) is 5.68. The first-order valence-corrected chi connectivity index (χ1v) is 9.92. The summed E-state index contributed by atoms with van der Waals surface area (Å²) in [5.74, 6) is -0.429. The molecule has 2 aromatic heterocycles. The summed E-state index contributed by atoms with van der Waals surface area (Å²) in [7, 11) is 2.89. The van der Waals surface area contributed by atoms with Crippen molar-refractivity contribution >= 4 is 17.4 Å². The number of carbonyl (C=O) groups is 2. The van der Waals surface area contributed by atoms with E-state index in [9.17, 15) is 14.7 Å². The second kappa shape index (κ2) is 8.58. The molecule has 0 spiro atoms. The van der Waals surface area contributed by atoms with Crippen molar-refractivity contribution in [1.82, 2.24) is 9.88 Å². The van der Waals surface area contributed by atoms with Gasteiger partial charge < -0.3 is 23.9 Å². The summed E-state index contributed by atoms with van der Waals surface area (Å²) in [6.45, 7) is 1.83. The Morgan fingerprint density at radius 1 is 1.06 bits per heavy atom. The number of hydrogen-bond acceptors (Lipinski definition) is 7. The molecular formula is C24H22N2O6. The fourth-order valence-corrected chi connectivity index (χ4v) is 3.82. The van der Waals surface area contributed by atoms with E-state index in [2.05, 4.69) is 4.98 Å². The summed E-state index contributed by atoms with van der Waals surface area (Å²) in [6, 6.07) is 12.8. The topological polar surface area (TPSA) is 102 Å². The monoisotopic (exact) mass is 434 g/mol. The van der Waals surface area contributed by atoms with E-state index in [0.29, 0.717) is 28.7 Å². The molecule has 4 rings (SSSR count). The molecule has 1 amide bonds. The van der Waals surface area contributed by atoms with Gasteiger partial charge in [-0.1, -0.05) is 12.1 Å². The average molecular weight is 434 g/mol. The lowest BCUT2D eigenvalue weighted by Crippen LogP contribution is -2.29. The van der Waals surface area contributed by atoms with Crippen LogP contribution in [0.5, 0.6) is 11.5 Å². The van der Waals surface area contributed by atoms with Crippen molar-refractivity contribution in [3.63, 3.8) is 0 Å². The zero-order chi connectivity index (χ0) is 22.8. The van der Waals surface area contributed by atoms with E-state index >= 15 is 0 Å². The number of likely N-dealkylation sites (tertiary alicyclic amines) is 1. The highest BCUT2D eigenvalue weighted by Gasteiger charge is 2.48. The molecule has 0 saturated carbocycles. The summed E-state index contributed by atoms with van der Waals surface area (Å²) in [6.07, 6.45) is 1.61. The van der Waals surface area contributed by atoms with Crippen LogP contribution in [0, 0.1) is 6.92 Å². The number of aryl methyl sites for hydroxylation is 1. The Morgan fingerprint density at radius 3 is 2.34 bits per heavy atom. The third-order valence-electron chi connectivity index (χ3n) is 5.29. The zero-order valence-electron chi connectivity index (χ0n) is 17.9. The van der Waals surface area contributed by atoms with Crippen LogP contribution >= 0.6 is 0 Å². The number of Topliss-reactive ketones (excluding diaryl/α,β-unsaturated/α-hetero) is 1. The molecule has 0 aliphatic carbocycles. The Hall–Kier alpha value is -4.07. The maximum Gasteiger partial charge on any atom is 0.296 e.